The van der Waals surface area contributed by atoms with Crippen LogP contribution in [0.2, 0.25) is 0 Å². The number of carbonyl (C=O) groups excluding carboxylic acids is 3. The molecule has 0 heterocycles. The minimum Gasteiger partial charge on any atom is -0.544 e. The summed E-state index contributed by atoms with van der Waals surface area (Å²) in [4.78, 5) is 36.6. The largest absolute Gasteiger partial charge is 0.544 e. The molecule has 2 unspecified atom stereocenters. The highest BCUT2D eigenvalue weighted by molar-refractivity contribution is 5.71. The monoisotopic (exact) mass is 744 g/mol. The molecule has 0 aliphatic heterocycles. The third-order valence-corrected chi connectivity index (χ3v) is 8.95. The number of allylic oxidation sites excluding steroid dienone is 9. The lowest BCUT2D eigenvalue weighted by Crippen LogP contribution is -2.55. The highest BCUT2D eigenvalue weighted by Crippen LogP contribution is 2.14. The van der Waals surface area contributed by atoms with Crippen molar-refractivity contribution in [3.63, 3.8) is 0 Å². The molecule has 0 rings (SSSR count). The summed E-state index contributed by atoms with van der Waals surface area (Å²) in [6, 6.07) is -0.738. The van der Waals surface area contributed by atoms with Crippen molar-refractivity contribution >= 4 is 17.9 Å². The van der Waals surface area contributed by atoms with Crippen LogP contribution in [-0.2, 0) is 28.6 Å². The van der Waals surface area contributed by atoms with Gasteiger partial charge in [-0.1, -0.05) is 145 Å². The van der Waals surface area contributed by atoms with Crippen LogP contribution in [0.1, 0.15) is 155 Å². The predicted molar refractivity (Wildman–Crippen MR) is 217 cm³/mol. The molecule has 0 aromatic carbocycles. The van der Waals surface area contributed by atoms with Crippen molar-refractivity contribution in [2.24, 2.45) is 0 Å². The van der Waals surface area contributed by atoms with Crippen molar-refractivity contribution in [3.8, 4) is 0 Å². The number of unbranched alkanes of at least 4 members (excludes halogenated alkanes) is 14. The zero-order valence-corrected chi connectivity index (χ0v) is 34.4. The first-order chi connectivity index (χ1) is 25.6. The van der Waals surface area contributed by atoms with Gasteiger partial charge in [-0.3, -0.25) is 9.59 Å². The van der Waals surface area contributed by atoms with E-state index < -0.39 is 24.1 Å². The molecule has 304 valence electrons. The van der Waals surface area contributed by atoms with E-state index in [1.165, 1.54) is 77.0 Å². The summed E-state index contributed by atoms with van der Waals surface area (Å²) in [5.41, 5.74) is 0. The number of esters is 2. The van der Waals surface area contributed by atoms with Gasteiger partial charge in [0.05, 0.1) is 46.7 Å². The number of carboxylic acid groups (broad SMARTS) is 1. The van der Waals surface area contributed by atoms with Gasteiger partial charge in [-0.25, -0.2) is 0 Å². The summed E-state index contributed by atoms with van der Waals surface area (Å²) >= 11 is 0. The van der Waals surface area contributed by atoms with Gasteiger partial charge >= 0.3 is 11.9 Å². The van der Waals surface area contributed by atoms with Crippen molar-refractivity contribution < 1.29 is 38.2 Å². The van der Waals surface area contributed by atoms with Crippen LogP contribution in [0.25, 0.3) is 0 Å². The quantitative estimate of drug-likeness (QED) is 0.0207. The van der Waals surface area contributed by atoms with Crippen molar-refractivity contribution in [2.75, 3.05) is 41.0 Å². The zero-order chi connectivity index (χ0) is 39.3. The van der Waals surface area contributed by atoms with Gasteiger partial charge < -0.3 is 28.6 Å². The van der Waals surface area contributed by atoms with Gasteiger partial charge in [0.2, 0.25) is 0 Å². The lowest BCUT2D eigenvalue weighted by molar-refractivity contribution is -0.889. The number of rotatable bonds is 36. The number of carbonyl (C=O) groups is 3. The van der Waals surface area contributed by atoms with Crippen LogP contribution >= 0.6 is 0 Å². The molecule has 0 saturated carbocycles. The molecule has 2 atom stereocenters. The molecule has 0 saturated heterocycles. The molecule has 53 heavy (non-hydrogen) atoms. The average molecular weight is 744 g/mol. The fraction of sp³-hybridized carbons (Fsp3) is 0.711. The molecule has 0 radical (unpaired) electrons. The van der Waals surface area contributed by atoms with E-state index in [0.717, 1.165) is 44.9 Å². The highest BCUT2D eigenvalue weighted by atomic mass is 16.6. The van der Waals surface area contributed by atoms with Crippen LogP contribution in [0, 0.1) is 0 Å². The molecule has 0 fully saturated rings. The van der Waals surface area contributed by atoms with Gasteiger partial charge in [0, 0.05) is 12.8 Å². The van der Waals surface area contributed by atoms with Crippen LogP contribution in [0.15, 0.2) is 60.8 Å². The van der Waals surface area contributed by atoms with Gasteiger partial charge in [-0.15, -0.1) is 0 Å². The summed E-state index contributed by atoms with van der Waals surface area (Å²) in [5.74, 6) is -1.90. The van der Waals surface area contributed by atoms with Crippen molar-refractivity contribution in [1.29, 1.82) is 0 Å². The molecule has 0 amide bonds. The van der Waals surface area contributed by atoms with Gasteiger partial charge in [-0.05, 0) is 51.4 Å². The van der Waals surface area contributed by atoms with Crippen LogP contribution in [0.5, 0.6) is 0 Å². The minimum atomic E-state index is -1.14. The second-order valence-electron chi connectivity index (χ2n) is 14.9. The Morgan fingerprint density at radius 2 is 1.15 bits per heavy atom. The Morgan fingerprint density at radius 1 is 0.623 bits per heavy atom. The van der Waals surface area contributed by atoms with Crippen LogP contribution in [0.3, 0.4) is 0 Å². The number of aliphatic carboxylic acids is 1. The molecule has 0 aromatic rings. The van der Waals surface area contributed by atoms with Gasteiger partial charge in [-0.2, -0.15) is 0 Å². The van der Waals surface area contributed by atoms with Crippen molar-refractivity contribution in [2.45, 2.75) is 167 Å². The Morgan fingerprint density at radius 3 is 1.70 bits per heavy atom. The van der Waals surface area contributed by atoms with E-state index in [1.807, 2.05) is 6.08 Å². The van der Waals surface area contributed by atoms with E-state index in [2.05, 4.69) is 62.5 Å². The number of ether oxygens (including phenoxy) is 3. The molecule has 8 heteroatoms. The third kappa shape index (κ3) is 34.5. The van der Waals surface area contributed by atoms with Gasteiger partial charge in [0.25, 0.3) is 0 Å². The average Bonchev–Trinajstić information content (AvgIpc) is 3.11. The minimum absolute atomic E-state index is 0.0103. The molecule has 8 nitrogen and oxygen atoms in total. The zero-order valence-electron chi connectivity index (χ0n) is 34.4. The molecule has 0 aliphatic rings. The summed E-state index contributed by atoms with van der Waals surface area (Å²) < 4.78 is 17.0. The smallest absolute Gasteiger partial charge is 0.309 e. The lowest BCUT2D eigenvalue weighted by Gasteiger charge is -2.34. The van der Waals surface area contributed by atoms with Crippen LogP contribution in [-0.4, -0.2) is 75.5 Å². The molecule has 0 N–H and O–H groups in total. The molecular weight excluding hydrogens is 666 g/mol. The third-order valence-electron chi connectivity index (χ3n) is 8.95. The maximum absolute atomic E-state index is 12.7. The molecule has 0 spiro atoms. The summed E-state index contributed by atoms with van der Waals surface area (Å²) in [7, 11) is 5.37. The Labute approximate surface area is 324 Å². The number of carboxylic acids is 1. The fourth-order valence-electron chi connectivity index (χ4n) is 5.71. The second-order valence-corrected chi connectivity index (χ2v) is 14.9. The Bertz CT molecular complexity index is 1050. The molecular formula is C45H77NO7. The highest BCUT2D eigenvalue weighted by Gasteiger charge is 2.25. The first-order valence-corrected chi connectivity index (χ1v) is 20.8. The summed E-state index contributed by atoms with van der Waals surface area (Å²) in [6.07, 6.45) is 42.9. The van der Waals surface area contributed by atoms with Crippen LogP contribution < -0.4 is 5.11 Å². The van der Waals surface area contributed by atoms with E-state index >= 15 is 0 Å². The summed E-state index contributed by atoms with van der Waals surface area (Å²) in [5, 5.41) is 11.6. The molecule has 0 aliphatic carbocycles. The first kappa shape index (κ1) is 50.0. The maximum atomic E-state index is 12.7. The number of hydrogen-bond donors (Lipinski definition) is 0. The lowest BCUT2D eigenvalue weighted by atomic mass is 10.1. The predicted octanol–water partition coefficient (Wildman–Crippen LogP) is 9.69. The Balaban J connectivity index is 4.35. The molecule has 0 bridgehead atoms. The molecule has 0 aromatic heterocycles. The summed E-state index contributed by atoms with van der Waals surface area (Å²) in [6.45, 7) is 4.39. The van der Waals surface area contributed by atoms with E-state index in [-0.39, 0.29) is 43.1 Å². The Hall–Kier alpha value is -2.97. The van der Waals surface area contributed by atoms with E-state index in [0.29, 0.717) is 6.42 Å². The Kier molecular flexibility index (Phi) is 34.0. The van der Waals surface area contributed by atoms with Gasteiger partial charge in [0.15, 0.2) is 6.10 Å². The van der Waals surface area contributed by atoms with Crippen molar-refractivity contribution in [3.05, 3.63) is 60.8 Å². The fourth-order valence-corrected chi connectivity index (χ4v) is 5.71. The SMILES string of the molecule is CC/C=C/C/C=C/C/C=C/CC(=O)OCC(COCCC(C(=O)[O-])[N+](C)(C)C)OC(=O)CCCCCCCCCCCC/C=C/C=C/CCCCCC. The van der Waals surface area contributed by atoms with Crippen molar-refractivity contribution in [1.82, 2.24) is 0 Å². The number of hydrogen-bond acceptors (Lipinski definition) is 7. The second kappa shape index (κ2) is 36.0. The normalized spacial score (nSPS) is 13.6. The van der Waals surface area contributed by atoms with E-state index in [9.17, 15) is 19.5 Å². The number of nitrogens with zero attached hydrogens (tertiary/aromatic N) is 1. The standard InChI is InChI=1S/C45H77NO7/c1-6-8-10-12-14-16-17-18-19-20-21-22-23-24-25-26-28-30-32-34-36-44(48)53-41(39-51-38-37-42(45(49)50)46(3,4)5)40-52-43(47)35-33-31-29-27-15-13-11-9-7-2/h9,11,15-19,27,31,33,41-42H,6-8,10,12-14,20-26,28-30,32,34-40H2,1-5H3/b11-9+,17-16+,19-18+,27-15+,33-31+. The number of likely N-dealkylation sites (N-methyl/N-ethyl adjacent to an activating group) is 1. The topological polar surface area (TPSA) is 102 Å². The first-order valence-electron chi connectivity index (χ1n) is 20.8. The maximum Gasteiger partial charge on any atom is 0.309 e. The van der Waals surface area contributed by atoms with Gasteiger partial charge in [0.1, 0.15) is 12.6 Å². The van der Waals surface area contributed by atoms with E-state index in [4.69, 9.17) is 14.2 Å². The van der Waals surface area contributed by atoms with Crippen LogP contribution in [0.4, 0.5) is 0 Å². The number of quaternary nitrogens is 1. The van der Waals surface area contributed by atoms with E-state index in [1.54, 1.807) is 27.2 Å².